The van der Waals surface area contributed by atoms with Crippen molar-refractivity contribution in [2.24, 2.45) is 5.41 Å². The van der Waals surface area contributed by atoms with E-state index in [9.17, 15) is 5.11 Å². The summed E-state index contributed by atoms with van der Waals surface area (Å²) in [4.78, 5) is 0. The third-order valence-corrected chi connectivity index (χ3v) is 4.04. The van der Waals surface area contributed by atoms with Gasteiger partial charge in [0.25, 0.3) is 0 Å². The molecule has 1 rings (SSSR count). The van der Waals surface area contributed by atoms with Gasteiger partial charge in [0.05, 0.1) is 18.8 Å². The fourth-order valence-corrected chi connectivity index (χ4v) is 2.58. The molecule has 4 heteroatoms. The molecule has 1 aliphatic carbocycles. The summed E-state index contributed by atoms with van der Waals surface area (Å²) in [6, 6.07) is 0. The Hall–Kier alpha value is -0.160. The van der Waals surface area contributed by atoms with Gasteiger partial charge in [-0.3, -0.25) is 0 Å². The van der Waals surface area contributed by atoms with Gasteiger partial charge in [0.15, 0.2) is 0 Å². The molecule has 1 unspecified atom stereocenters. The number of hydrogen-bond acceptors (Lipinski definition) is 4. The standard InChI is InChI=1S/C16H33NO3/c1-16(2,9-10-19-3)13-17-11-14(18)12-20-15-7-5-4-6-8-15/h14-15,17-18H,4-13H2,1-3H3. The Balaban J connectivity index is 2.05. The summed E-state index contributed by atoms with van der Waals surface area (Å²) in [5, 5.41) is 13.3. The molecule has 0 saturated heterocycles. The van der Waals surface area contributed by atoms with Crippen molar-refractivity contribution in [3.8, 4) is 0 Å². The van der Waals surface area contributed by atoms with Gasteiger partial charge in [-0.25, -0.2) is 0 Å². The number of nitrogens with one attached hydrogen (secondary N) is 1. The van der Waals surface area contributed by atoms with E-state index in [1.54, 1.807) is 7.11 Å². The molecule has 120 valence electrons. The average Bonchev–Trinajstić information content (AvgIpc) is 2.44. The molecule has 0 aromatic carbocycles. The lowest BCUT2D eigenvalue weighted by atomic mass is 9.90. The Bertz CT molecular complexity index is 240. The highest BCUT2D eigenvalue weighted by Crippen LogP contribution is 2.20. The third kappa shape index (κ3) is 8.20. The zero-order valence-corrected chi connectivity index (χ0v) is 13.5. The number of rotatable bonds is 10. The average molecular weight is 287 g/mol. The first-order chi connectivity index (χ1) is 9.53. The van der Waals surface area contributed by atoms with Gasteiger partial charge in [-0.05, 0) is 24.7 Å². The first kappa shape index (κ1) is 17.9. The molecule has 0 spiro atoms. The molecule has 0 heterocycles. The summed E-state index contributed by atoms with van der Waals surface area (Å²) in [5.74, 6) is 0. The van der Waals surface area contributed by atoms with Crippen LogP contribution in [0.4, 0.5) is 0 Å². The maximum atomic E-state index is 9.94. The molecule has 0 radical (unpaired) electrons. The predicted molar refractivity (Wildman–Crippen MR) is 82.0 cm³/mol. The first-order valence-corrected chi connectivity index (χ1v) is 8.03. The number of aliphatic hydroxyl groups is 1. The fraction of sp³-hybridized carbons (Fsp3) is 1.00. The fourth-order valence-electron chi connectivity index (χ4n) is 2.58. The SMILES string of the molecule is COCCC(C)(C)CNCC(O)COC1CCCCC1. The summed E-state index contributed by atoms with van der Waals surface area (Å²) >= 11 is 0. The Morgan fingerprint density at radius 3 is 2.60 bits per heavy atom. The lowest BCUT2D eigenvalue weighted by Crippen LogP contribution is -2.37. The second-order valence-electron chi connectivity index (χ2n) is 6.79. The van der Waals surface area contributed by atoms with Gasteiger partial charge in [0, 0.05) is 26.8 Å². The highest BCUT2D eigenvalue weighted by atomic mass is 16.5. The van der Waals surface area contributed by atoms with Gasteiger partial charge < -0.3 is 19.9 Å². The molecule has 2 N–H and O–H groups in total. The van der Waals surface area contributed by atoms with Crippen LogP contribution < -0.4 is 5.32 Å². The smallest absolute Gasteiger partial charge is 0.0897 e. The van der Waals surface area contributed by atoms with Crippen molar-refractivity contribution in [1.29, 1.82) is 0 Å². The number of ether oxygens (including phenoxy) is 2. The summed E-state index contributed by atoms with van der Waals surface area (Å²) in [6.45, 7) is 7.14. The minimum Gasteiger partial charge on any atom is -0.389 e. The van der Waals surface area contributed by atoms with E-state index in [0.717, 1.165) is 32.4 Å². The minimum atomic E-state index is -0.407. The largest absolute Gasteiger partial charge is 0.389 e. The Kier molecular flexibility index (Phi) is 8.69. The van der Waals surface area contributed by atoms with E-state index < -0.39 is 6.10 Å². The molecule has 1 aliphatic rings. The Morgan fingerprint density at radius 1 is 1.25 bits per heavy atom. The first-order valence-electron chi connectivity index (χ1n) is 8.03. The third-order valence-electron chi connectivity index (χ3n) is 4.04. The van der Waals surface area contributed by atoms with Crippen LogP contribution in [0.5, 0.6) is 0 Å². The molecule has 20 heavy (non-hydrogen) atoms. The molecule has 0 bridgehead atoms. The molecule has 0 aromatic rings. The number of hydrogen-bond donors (Lipinski definition) is 2. The zero-order chi connectivity index (χ0) is 14.8. The summed E-state index contributed by atoms with van der Waals surface area (Å²) in [6.07, 6.45) is 7.17. The van der Waals surface area contributed by atoms with E-state index in [2.05, 4.69) is 19.2 Å². The van der Waals surface area contributed by atoms with Crippen molar-refractivity contribution < 1.29 is 14.6 Å². The monoisotopic (exact) mass is 287 g/mol. The molecule has 1 fully saturated rings. The van der Waals surface area contributed by atoms with E-state index in [0.29, 0.717) is 19.3 Å². The highest BCUT2D eigenvalue weighted by molar-refractivity contribution is 4.73. The molecule has 1 saturated carbocycles. The van der Waals surface area contributed by atoms with E-state index in [4.69, 9.17) is 9.47 Å². The lowest BCUT2D eigenvalue weighted by molar-refractivity contribution is -0.0235. The van der Waals surface area contributed by atoms with Crippen molar-refractivity contribution in [3.63, 3.8) is 0 Å². The lowest BCUT2D eigenvalue weighted by Gasteiger charge is -2.26. The normalized spacial score (nSPS) is 19.2. The van der Waals surface area contributed by atoms with Crippen LogP contribution in [0.25, 0.3) is 0 Å². The molecule has 1 atom stereocenters. The number of methoxy groups -OCH3 is 1. The molecule has 0 amide bonds. The van der Waals surface area contributed by atoms with Crippen molar-refractivity contribution in [2.45, 2.75) is 64.6 Å². The highest BCUT2D eigenvalue weighted by Gasteiger charge is 2.18. The summed E-state index contributed by atoms with van der Waals surface area (Å²) in [5.41, 5.74) is 0.194. The van der Waals surface area contributed by atoms with Crippen molar-refractivity contribution >= 4 is 0 Å². The van der Waals surface area contributed by atoms with Crippen LogP contribution in [0, 0.1) is 5.41 Å². The minimum absolute atomic E-state index is 0.194. The van der Waals surface area contributed by atoms with E-state index in [-0.39, 0.29) is 5.41 Å². The maximum Gasteiger partial charge on any atom is 0.0897 e. The second-order valence-corrected chi connectivity index (χ2v) is 6.79. The van der Waals surface area contributed by atoms with Gasteiger partial charge in [-0.2, -0.15) is 0 Å². The quantitative estimate of drug-likeness (QED) is 0.647. The number of aliphatic hydroxyl groups excluding tert-OH is 1. The van der Waals surface area contributed by atoms with Crippen LogP contribution in [0.2, 0.25) is 0 Å². The van der Waals surface area contributed by atoms with Crippen LogP contribution in [0.3, 0.4) is 0 Å². The Labute approximate surface area is 124 Å². The van der Waals surface area contributed by atoms with E-state index >= 15 is 0 Å². The molecular formula is C16H33NO3. The van der Waals surface area contributed by atoms with Gasteiger partial charge in [0.1, 0.15) is 0 Å². The van der Waals surface area contributed by atoms with Crippen molar-refractivity contribution in [2.75, 3.05) is 33.4 Å². The zero-order valence-electron chi connectivity index (χ0n) is 13.5. The molecule has 4 nitrogen and oxygen atoms in total. The second kappa shape index (κ2) is 9.72. The van der Waals surface area contributed by atoms with Crippen LogP contribution in [0.15, 0.2) is 0 Å². The molecular weight excluding hydrogens is 254 g/mol. The van der Waals surface area contributed by atoms with Crippen LogP contribution in [0.1, 0.15) is 52.4 Å². The van der Waals surface area contributed by atoms with E-state index in [1.807, 2.05) is 0 Å². The van der Waals surface area contributed by atoms with Crippen LogP contribution >= 0.6 is 0 Å². The van der Waals surface area contributed by atoms with Gasteiger partial charge in [0.2, 0.25) is 0 Å². The summed E-state index contributed by atoms with van der Waals surface area (Å²) in [7, 11) is 1.73. The van der Waals surface area contributed by atoms with Gasteiger partial charge >= 0.3 is 0 Å². The topological polar surface area (TPSA) is 50.7 Å². The Morgan fingerprint density at radius 2 is 1.95 bits per heavy atom. The molecule has 0 aliphatic heterocycles. The van der Waals surface area contributed by atoms with Crippen molar-refractivity contribution in [1.82, 2.24) is 5.32 Å². The van der Waals surface area contributed by atoms with Crippen LogP contribution in [-0.4, -0.2) is 50.7 Å². The van der Waals surface area contributed by atoms with Gasteiger partial charge in [-0.1, -0.05) is 33.1 Å². The van der Waals surface area contributed by atoms with Crippen molar-refractivity contribution in [3.05, 3.63) is 0 Å². The van der Waals surface area contributed by atoms with Gasteiger partial charge in [-0.15, -0.1) is 0 Å². The van der Waals surface area contributed by atoms with E-state index in [1.165, 1.54) is 19.3 Å². The summed E-state index contributed by atoms with van der Waals surface area (Å²) < 4.78 is 10.9. The molecule has 0 aromatic heterocycles. The van der Waals surface area contributed by atoms with Crippen LogP contribution in [-0.2, 0) is 9.47 Å². The predicted octanol–water partition coefficient (Wildman–Crippen LogP) is 2.35. The maximum absolute atomic E-state index is 9.94.